The topological polar surface area (TPSA) is 50.8 Å². The molecular formula is C19H24N2O3. The third-order valence-electron chi connectivity index (χ3n) is 3.81. The number of ether oxygens (including phenoxy) is 2. The normalized spacial score (nSPS) is 15.4. The van der Waals surface area contributed by atoms with E-state index in [0.29, 0.717) is 18.8 Å². The lowest BCUT2D eigenvalue weighted by atomic mass is 10.1. The zero-order chi connectivity index (χ0) is 17.2. The molecule has 1 aliphatic heterocycles. The van der Waals surface area contributed by atoms with Crippen LogP contribution in [0.4, 0.5) is 4.79 Å². The number of hydrogen-bond acceptors (Lipinski definition) is 4. The summed E-state index contributed by atoms with van der Waals surface area (Å²) in [7, 11) is 0. The highest BCUT2D eigenvalue weighted by Crippen LogP contribution is 2.31. The van der Waals surface area contributed by atoms with Crippen molar-refractivity contribution in [2.45, 2.75) is 26.4 Å². The van der Waals surface area contributed by atoms with Gasteiger partial charge in [-0.1, -0.05) is 18.2 Å². The average Bonchev–Trinajstić information content (AvgIpc) is 2.55. The number of piperazine rings is 1. The van der Waals surface area contributed by atoms with Crippen LogP contribution in [0, 0.1) is 0 Å². The molecule has 0 aliphatic carbocycles. The molecule has 2 aromatic rings. The Morgan fingerprint density at radius 2 is 1.88 bits per heavy atom. The highest BCUT2D eigenvalue weighted by atomic mass is 16.6. The van der Waals surface area contributed by atoms with Gasteiger partial charge in [0.05, 0.1) is 0 Å². The number of nitrogens with zero attached hydrogens (tertiary/aromatic N) is 1. The van der Waals surface area contributed by atoms with Crippen LogP contribution in [0.15, 0.2) is 36.4 Å². The first-order valence-corrected chi connectivity index (χ1v) is 8.32. The van der Waals surface area contributed by atoms with Gasteiger partial charge in [0.1, 0.15) is 17.1 Å². The Balaban J connectivity index is 1.86. The third kappa shape index (κ3) is 3.97. The molecule has 0 unspecified atom stereocenters. The van der Waals surface area contributed by atoms with Gasteiger partial charge in [0.15, 0.2) is 0 Å². The zero-order valence-corrected chi connectivity index (χ0v) is 14.5. The van der Waals surface area contributed by atoms with Crippen LogP contribution in [-0.2, 0) is 0 Å². The van der Waals surface area contributed by atoms with Gasteiger partial charge >= 0.3 is 6.09 Å². The van der Waals surface area contributed by atoms with Crippen LogP contribution in [0.5, 0.6) is 11.5 Å². The van der Waals surface area contributed by atoms with Gasteiger partial charge in [-0.25, -0.2) is 4.79 Å². The molecule has 1 amide bonds. The van der Waals surface area contributed by atoms with E-state index >= 15 is 0 Å². The zero-order valence-electron chi connectivity index (χ0n) is 14.5. The molecule has 128 valence electrons. The summed E-state index contributed by atoms with van der Waals surface area (Å²) >= 11 is 0. The van der Waals surface area contributed by atoms with Crippen LogP contribution in [0.1, 0.15) is 20.8 Å². The molecule has 0 aromatic heterocycles. The van der Waals surface area contributed by atoms with Crippen LogP contribution in [0.2, 0.25) is 0 Å². The van der Waals surface area contributed by atoms with Crippen molar-refractivity contribution in [2.24, 2.45) is 0 Å². The second-order valence-electron chi connectivity index (χ2n) is 6.96. The van der Waals surface area contributed by atoms with E-state index in [-0.39, 0.29) is 11.7 Å². The summed E-state index contributed by atoms with van der Waals surface area (Å²) < 4.78 is 11.6. The van der Waals surface area contributed by atoms with E-state index in [9.17, 15) is 4.79 Å². The fourth-order valence-electron chi connectivity index (χ4n) is 2.74. The summed E-state index contributed by atoms with van der Waals surface area (Å²) in [5, 5.41) is 5.12. The Morgan fingerprint density at radius 1 is 1.12 bits per heavy atom. The van der Waals surface area contributed by atoms with E-state index in [2.05, 4.69) is 5.32 Å². The molecule has 0 radical (unpaired) electrons. The first-order chi connectivity index (χ1) is 11.4. The predicted molar refractivity (Wildman–Crippen MR) is 94.8 cm³/mol. The largest absolute Gasteiger partial charge is 0.488 e. The Kier molecular flexibility index (Phi) is 4.62. The summed E-state index contributed by atoms with van der Waals surface area (Å²) in [6.45, 7) is 8.96. The van der Waals surface area contributed by atoms with Gasteiger partial charge in [-0.3, -0.25) is 0 Å². The monoisotopic (exact) mass is 328 g/mol. The van der Waals surface area contributed by atoms with Gasteiger partial charge < -0.3 is 19.7 Å². The first kappa shape index (κ1) is 16.6. The molecule has 0 saturated carbocycles. The molecule has 5 heteroatoms. The standard InChI is InChI=1S/C19H24N2O3/c1-19(2,3)24-15-8-7-14-5-4-6-17(16(14)13-15)23-18(22)21-11-9-20-10-12-21/h4-8,13,20H,9-12H2,1-3H3. The Labute approximate surface area is 142 Å². The fourth-order valence-corrected chi connectivity index (χ4v) is 2.74. The lowest BCUT2D eigenvalue weighted by Gasteiger charge is -2.26. The van der Waals surface area contributed by atoms with Gasteiger partial charge in [-0.05, 0) is 44.4 Å². The van der Waals surface area contributed by atoms with Crippen molar-refractivity contribution in [2.75, 3.05) is 26.2 Å². The third-order valence-corrected chi connectivity index (χ3v) is 3.81. The predicted octanol–water partition coefficient (Wildman–Crippen LogP) is 3.42. The summed E-state index contributed by atoms with van der Waals surface area (Å²) in [5.41, 5.74) is -0.278. The lowest BCUT2D eigenvalue weighted by Crippen LogP contribution is -2.47. The van der Waals surface area contributed by atoms with Gasteiger partial charge in [-0.15, -0.1) is 0 Å². The maximum atomic E-state index is 12.4. The average molecular weight is 328 g/mol. The van der Waals surface area contributed by atoms with Crippen molar-refractivity contribution in [3.05, 3.63) is 36.4 Å². The molecule has 3 rings (SSSR count). The molecule has 1 heterocycles. The highest BCUT2D eigenvalue weighted by Gasteiger charge is 2.19. The maximum absolute atomic E-state index is 12.4. The highest BCUT2D eigenvalue weighted by molar-refractivity contribution is 5.91. The molecule has 1 N–H and O–H groups in total. The lowest BCUT2D eigenvalue weighted by molar-refractivity contribution is 0.131. The Morgan fingerprint density at radius 3 is 2.58 bits per heavy atom. The van der Waals surface area contributed by atoms with Crippen LogP contribution in [0.3, 0.4) is 0 Å². The van der Waals surface area contributed by atoms with Crippen LogP contribution in [-0.4, -0.2) is 42.8 Å². The second kappa shape index (κ2) is 6.69. The number of benzene rings is 2. The second-order valence-corrected chi connectivity index (χ2v) is 6.96. The van der Waals surface area contributed by atoms with E-state index in [0.717, 1.165) is 29.6 Å². The van der Waals surface area contributed by atoms with Crippen LogP contribution < -0.4 is 14.8 Å². The van der Waals surface area contributed by atoms with Crippen molar-refractivity contribution in [1.82, 2.24) is 10.2 Å². The molecule has 1 aliphatic rings. The maximum Gasteiger partial charge on any atom is 0.415 e. The number of rotatable bonds is 2. The minimum Gasteiger partial charge on any atom is -0.488 e. The summed E-state index contributed by atoms with van der Waals surface area (Å²) in [4.78, 5) is 14.1. The molecule has 5 nitrogen and oxygen atoms in total. The fraction of sp³-hybridized carbons (Fsp3) is 0.421. The molecule has 0 spiro atoms. The quantitative estimate of drug-likeness (QED) is 0.918. The van der Waals surface area contributed by atoms with E-state index in [1.807, 2.05) is 57.2 Å². The van der Waals surface area contributed by atoms with Crippen molar-refractivity contribution < 1.29 is 14.3 Å². The Bertz CT molecular complexity index is 731. The summed E-state index contributed by atoms with van der Waals surface area (Å²) in [6, 6.07) is 11.6. The minimum atomic E-state index is -0.300. The summed E-state index contributed by atoms with van der Waals surface area (Å²) in [6.07, 6.45) is -0.300. The number of fused-ring (bicyclic) bond motifs is 1. The molecular weight excluding hydrogens is 304 g/mol. The Hall–Kier alpha value is -2.27. The molecule has 1 fully saturated rings. The van der Waals surface area contributed by atoms with Crippen LogP contribution in [0.25, 0.3) is 10.8 Å². The van der Waals surface area contributed by atoms with Gasteiger partial charge in [0, 0.05) is 31.6 Å². The minimum absolute atomic E-state index is 0.278. The van der Waals surface area contributed by atoms with E-state index in [1.54, 1.807) is 4.90 Å². The number of carbonyl (C=O) groups is 1. The van der Waals surface area contributed by atoms with Crippen LogP contribution >= 0.6 is 0 Å². The van der Waals surface area contributed by atoms with E-state index in [4.69, 9.17) is 9.47 Å². The van der Waals surface area contributed by atoms with Crippen molar-refractivity contribution in [1.29, 1.82) is 0 Å². The van der Waals surface area contributed by atoms with Crippen molar-refractivity contribution in [3.63, 3.8) is 0 Å². The number of hydrogen-bond donors (Lipinski definition) is 1. The first-order valence-electron chi connectivity index (χ1n) is 8.32. The molecule has 24 heavy (non-hydrogen) atoms. The summed E-state index contributed by atoms with van der Waals surface area (Å²) in [5.74, 6) is 1.33. The number of carbonyl (C=O) groups excluding carboxylic acids is 1. The van der Waals surface area contributed by atoms with Crippen molar-refractivity contribution in [3.8, 4) is 11.5 Å². The molecule has 2 aromatic carbocycles. The van der Waals surface area contributed by atoms with E-state index in [1.165, 1.54) is 0 Å². The van der Waals surface area contributed by atoms with Gasteiger partial charge in [0.25, 0.3) is 0 Å². The number of nitrogens with one attached hydrogen (secondary N) is 1. The van der Waals surface area contributed by atoms with Gasteiger partial charge in [-0.2, -0.15) is 0 Å². The SMILES string of the molecule is CC(C)(C)Oc1ccc2cccc(OC(=O)N3CCNCC3)c2c1. The molecule has 0 atom stereocenters. The molecule has 0 bridgehead atoms. The van der Waals surface area contributed by atoms with Crippen molar-refractivity contribution >= 4 is 16.9 Å². The van der Waals surface area contributed by atoms with Gasteiger partial charge in [0.2, 0.25) is 0 Å². The number of amides is 1. The smallest absolute Gasteiger partial charge is 0.415 e. The van der Waals surface area contributed by atoms with E-state index < -0.39 is 0 Å². The molecule has 1 saturated heterocycles.